The molecule has 158 valence electrons. The molecule has 1 unspecified atom stereocenters. The van der Waals surface area contributed by atoms with Crippen LogP contribution >= 0.6 is 23.1 Å². The molecule has 1 atom stereocenters. The van der Waals surface area contributed by atoms with Crippen molar-refractivity contribution in [2.24, 2.45) is 17.8 Å². The highest BCUT2D eigenvalue weighted by atomic mass is 32.2. The second kappa shape index (κ2) is 7.85. The van der Waals surface area contributed by atoms with Gasteiger partial charge in [0.25, 0.3) is 0 Å². The molecular formula is C28H34S2. The van der Waals surface area contributed by atoms with E-state index in [0.29, 0.717) is 5.92 Å². The van der Waals surface area contributed by atoms with Gasteiger partial charge in [-0.1, -0.05) is 69.5 Å². The molecule has 3 aliphatic carbocycles. The van der Waals surface area contributed by atoms with Crippen LogP contribution in [0.25, 0.3) is 10.1 Å². The normalized spacial score (nSPS) is 33.7. The van der Waals surface area contributed by atoms with Gasteiger partial charge in [0.15, 0.2) is 0 Å². The summed E-state index contributed by atoms with van der Waals surface area (Å²) in [4.78, 5) is 4.88. The van der Waals surface area contributed by atoms with Gasteiger partial charge in [0.1, 0.15) is 0 Å². The monoisotopic (exact) mass is 434 g/mol. The fourth-order valence-corrected chi connectivity index (χ4v) is 9.30. The molecule has 1 aromatic heterocycles. The molecule has 1 aliphatic heterocycles. The van der Waals surface area contributed by atoms with Crippen molar-refractivity contribution >= 4 is 33.2 Å². The summed E-state index contributed by atoms with van der Waals surface area (Å²) in [6.07, 6.45) is 17.6. The Hall–Kier alpha value is -0.990. The van der Waals surface area contributed by atoms with Crippen LogP contribution in [0.4, 0.5) is 0 Å². The van der Waals surface area contributed by atoms with Crippen LogP contribution in [-0.4, -0.2) is 0 Å². The lowest BCUT2D eigenvalue weighted by molar-refractivity contribution is 0.322. The van der Waals surface area contributed by atoms with Crippen LogP contribution in [0.2, 0.25) is 0 Å². The van der Waals surface area contributed by atoms with E-state index in [9.17, 15) is 0 Å². The number of rotatable bonds is 2. The van der Waals surface area contributed by atoms with Gasteiger partial charge in [-0.2, -0.15) is 0 Å². The van der Waals surface area contributed by atoms with Crippen molar-refractivity contribution in [1.29, 1.82) is 0 Å². The van der Waals surface area contributed by atoms with Crippen LogP contribution in [0, 0.1) is 17.8 Å². The molecule has 0 spiro atoms. The Balaban J connectivity index is 1.24. The molecule has 30 heavy (non-hydrogen) atoms. The number of hydrogen-bond donors (Lipinski definition) is 0. The van der Waals surface area contributed by atoms with Crippen molar-refractivity contribution in [2.75, 3.05) is 0 Å². The highest BCUT2D eigenvalue weighted by Gasteiger charge is 2.35. The fraction of sp³-hybridized carbons (Fsp3) is 0.571. The van der Waals surface area contributed by atoms with E-state index in [4.69, 9.17) is 0 Å². The van der Waals surface area contributed by atoms with E-state index in [1.807, 2.05) is 0 Å². The molecule has 0 amide bonds. The predicted octanol–water partition coefficient (Wildman–Crippen LogP) is 9.42. The van der Waals surface area contributed by atoms with Crippen LogP contribution < -0.4 is 0 Å². The Labute approximate surface area is 190 Å². The number of thiophene rings is 1. The summed E-state index contributed by atoms with van der Waals surface area (Å²) < 4.78 is 1.54. The maximum absolute atomic E-state index is 2.60. The maximum Gasteiger partial charge on any atom is 0.0360 e. The van der Waals surface area contributed by atoms with Crippen LogP contribution in [0.5, 0.6) is 0 Å². The zero-order valence-electron chi connectivity index (χ0n) is 18.5. The summed E-state index contributed by atoms with van der Waals surface area (Å²) in [5.41, 5.74) is 3.27. The van der Waals surface area contributed by atoms with Crippen LogP contribution in [0.1, 0.15) is 93.9 Å². The average molecular weight is 435 g/mol. The lowest BCUT2D eigenvalue weighted by Gasteiger charge is -2.29. The molecule has 2 heterocycles. The quantitative estimate of drug-likeness (QED) is 0.453. The highest BCUT2D eigenvalue weighted by Crippen LogP contribution is 2.58. The van der Waals surface area contributed by atoms with Gasteiger partial charge in [-0.15, -0.1) is 11.3 Å². The number of fused-ring (bicyclic) bond motifs is 5. The maximum atomic E-state index is 2.60. The molecule has 2 fully saturated rings. The highest BCUT2D eigenvalue weighted by molar-refractivity contribution is 8.04. The number of hydrogen-bond acceptors (Lipinski definition) is 2. The minimum atomic E-state index is 0.646. The molecular weight excluding hydrogens is 400 g/mol. The van der Waals surface area contributed by atoms with Gasteiger partial charge in [0.05, 0.1) is 0 Å². The number of allylic oxidation sites excluding steroid dienone is 4. The second-order valence-corrected chi connectivity index (χ2v) is 12.8. The molecule has 2 heteroatoms. The van der Waals surface area contributed by atoms with Crippen molar-refractivity contribution in [1.82, 2.24) is 0 Å². The molecule has 0 bridgehead atoms. The van der Waals surface area contributed by atoms with Gasteiger partial charge < -0.3 is 0 Å². The third kappa shape index (κ3) is 3.43. The van der Waals surface area contributed by atoms with E-state index in [0.717, 1.165) is 23.7 Å². The first-order chi connectivity index (χ1) is 14.7. The minimum Gasteiger partial charge on any atom is -0.138 e. The lowest BCUT2D eigenvalue weighted by Crippen LogP contribution is -2.15. The summed E-state index contributed by atoms with van der Waals surface area (Å²) in [5, 5.41) is 1.52. The van der Waals surface area contributed by atoms with Gasteiger partial charge in [-0.3, -0.25) is 0 Å². The second-order valence-electron chi connectivity index (χ2n) is 10.6. The fourth-order valence-electron chi connectivity index (χ4n) is 6.32. The molecule has 0 nitrogen and oxygen atoms in total. The van der Waals surface area contributed by atoms with E-state index in [-0.39, 0.29) is 0 Å². The van der Waals surface area contributed by atoms with Gasteiger partial charge in [-0.25, -0.2) is 0 Å². The predicted molar refractivity (Wildman–Crippen MR) is 133 cm³/mol. The Morgan fingerprint density at radius 1 is 0.833 bits per heavy atom. The van der Waals surface area contributed by atoms with E-state index in [1.54, 1.807) is 30.5 Å². The molecule has 0 radical (unpaired) electrons. The first-order valence-electron chi connectivity index (χ1n) is 12.3. The number of benzene rings is 1. The average Bonchev–Trinajstić information content (AvgIpc) is 3.29. The summed E-state index contributed by atoms with van der Waals surface area (Å²) in [7, 11) is 0. The summed E-state index contributed by atoms with van der Waals surface area (Å²) >= 11 is 4.19. The van der Waals surface area contributed by atoms with Crippen molar-refractivity contribution in [3.63, 3.8) is 0 Å². The lowest BCUT2D eigenvalue weighted by atomic mass is 9.77. The van der Waals surface area contributed by atoms with Crippen molar-refractivity contribution in [3.05, 3.63) is 51.3 Å². The summed E-state index contributed by atoms with van der Waals surface area (Å²) in [5.74, 6) is 4.13. The molecule has 2 aromatic rings. The van der Waals surface area contributed by atoms with Gasteiger partial charge >= 0.3 is 0 Å². The molecule has 1 aromatic carbocycles. The van der Waals surface area contributed by atoms with Crippen molar-refractivity contribution < 1.29 is 0 Å². The largest absolute Gasteiger partial charge is 0.138 e. The smallest absolute Gasteiger partial charge is 0.0360 e. The van der Waals surface area contributed by atoms with Gasteiger partial charge in [-0.05, 0) is 84.0 Å². The van der Waals surface area contributed by atoms with Gasteiger partial charge in [0, 0.05) is 25.8 Å². The van der Waals surface area contributed by atoms with Crippen molar-refractivity contribution in [3.8, 4) is 0 Å². The van der Waals surface area contributed by atoms with E-state index in [1.165, 1.54) is 63.2 Å². The molecule has 0 saturated heterocycles. The molecule has 0 N–H and O–H groups in total. The summed E-state index contributed by atoms with van der Waals surface area (Å²) in [6.45, 7) is 4.85. The van der Waals surface area contributed by atoms with Crippen LogP contribution in [-0.2, 0) is 0 Å². The van der Waals surface area contributed by atoms with Crippen LogP contribution in [0.15, 0.2) is 45.7 Å². The van der Waals surface area contributed by atoms with E-state index in [2.05, 4.69) is 67.3 Å². The summed E-state index contributed by atoms with van der Waals surface area (Å²) in [6, 6.07) is 7.47. The minimum absolute atomic E-state index is 0.646. The Bertz CT molecular complexity index is 1010. The van der Waals surface area contributed by atoms with E-state index < -0.39 is 0 Å². The third-order valence-corrected chi connectivity index (χ3v) is 11.1. The van der Waals surface area contributed by atoms with Crippen molar-refractivity contribution in [2.45, 2.75) is 88.4 Å². The zero-order chi connectivity index (χ0) is 20.2. The van der Waals surface area contributed by atoms with Gasteiger partial charge in [0.2, 0.25) is 0 Å². The Kier molecular flexibility index (Phi) is 5.15. The van der Waals surface area contributed by atoms with E-state index >= 15 is 0 Å². The van der Waals surface area contributed by atoms with Crippen LogP contribution in [0.3, 0.4) is 0 Å². The number of thioether (sulfide) groups is 1. The SMILES string of the molecule is CC1CCC(C2=CCC3C(=C2)Sc2c3sc3cc(C4CCC(C)CC4)ccc23)CC1. The standard InChI is InChI=1S/C28H34S2/c1-17-3-7-19(8-4-17)21-11-13-23-25(15-21)29-28-24-14-12-22(16-26(24)30-27(23)28)20-9-5-18(2)6-10-20/h11-13,15-20,24H,3-10,14H2,1-2H3. The zero-order valence-corrected chi connectivity index (χ0v) is 20.1. The molecule has 6 rings (SSSR count). The molecule has 4 aliphatic rings. The topological polar surface area (TPSA) is 0 Å². The Morgan fingerprint density at radius 3 is 2.27 bits per heavy atom. The first kappa shape index (κ1) is 19.7. The third-order valence-electron chi connectivity index (χ3n) is 8.45. The Morgan fingerprint density at radius 2 is 1.53 bits per heavy atom. The first-order valence-corrected chi connectivity index (χ1v) is 13.9. The molecule has 2 saturated carbocycles.